The number of carbonyl (C=O) groups excluding carboxylic acids is 2. The van der Waals surface area contributed by atoms with Gasteiger partial charge in [-0.05, 0) is 56.0 Å². The first-order valence-corrected chi connectivity index (χ1v) is 11.2. The Labute approximate surface area is 183 Å². The molecule has 1 saturated carbocycles. The first-order valence-electron chi connectivity index (χ1n) is 9.98. The Bertz CT molecular complexity index is 947. The van der Waals surface area contributed by atoms with Crippen LogP contribution < -0.4 is 5.32 Å². The van der Waals surface area contributed by atoms with Crippen molar-refractivity contribution in [3.05, 3.63) is 56.4 Å². The normalized spacial score (nSPS) is 20.0. The van der Waals surface area contributed by atoms with Gasteiger partial charge >= 0.3 is 0 Å². The molecule has 2 aromatic rings. The molecular weight excluding hydrogens is 456 g/mol. The van der Waals surface area contributed by atoms with Gasteiger partial charge in [0.15, 0.2) is 5.76 Å². The van der Waals surface area contributed by atoms with Crippen molar-refractivity contribution in [2.45, 2.75) is 51.0 Å². The molecule has 154 valence electrons. The van der Waals surface area contributed by atoms with E-state index >= 15 is 0 Å². The van der Waals surface area contributed by atoms with Crippen molar-refractivity contribution in [1.29, 1.82) is 0 Å². The summed E-state index contributed by atoms with van der Waals surface area (Å²) in [5.41, 5.74) is 1.31. The third-order valence-corrected chi connectivity index (χ3v) is 6.60. The molecular formula is C22H24BrClN2O3. The highest BCUT2D eigenvalue weighted by Crippen LogP contribution is 2.49. The Kier molecular flexibility index (Phi) is 5.51. The number of nitrogens with one attached hydrogen (secondary N) is 1. The molecule has 4 rings (SSSR count). The Morgan fingerprint density at radius 3 is 2.69 bits per heavy atom. The van der Waals surface area contributed by atoms with Crippen molar-refractivity contribution < 1.29 is 14.0 Å². The molecule has 0 radical (unpaired) electrons. The maximum atomic E-state index is 13.1. The summed E-state index contributed by atoms with van der Waals surface area (Å²) in [6.07, 6.45) is 3.13. The molecule has 2 heterocycles. The maximum absolute atomic E-state index is 13.1. The van der Waals surface area contributed by atoms with Gasteiger partial charge in [-0.2, -0.15) is 0 Å². The number of nitrogens with zero attached hydrogens (tertiary/aromatic N) is 1. The van der Waals surface area contributed by atoms with Gasteiger partial charge in [0.2, 0.25) is 5.91 Å². The predicted octanol–water partition coefficient (Wildman–Crippen LogP) is 4.63. The van der Waals surface area contributed by atoms with Crippen LogP contribution in [-0.2, 0) is 16.6 Å². The summed E-state index contributed by atoms with van der Waals surface area (Å²) in [4.78, 5) is 27.7. The van der Waals surface area contributed by atoms with Gasteiger partial charge in [-0.25, -0.2) is 0 Å². The number of furan rings is 1. The second kappa shape index (κ2) is 7.80. The molecule has 1 aliphatic heterocycles. The molecule has 2 fully saturated rings. The molecule has 29 heavy (non-hydrogen) atoms. The third-order valence-electron chi connectivity index (χ3n) is 5.92. The van der Waals surface area contributed by atoms with Crippen LogP contribution in [0.1, 0.15) is 53.6 Å². The quantitative estimate of drug-likeness (QED) is 0.680. The van der Waals surface area contributed by atoms with Crippen LogP contribution in [0.2, 0.25) is 5.02 Å². The Morgan fingerprint density at radius 2 is 2.07 bits per heavy atom. The number of amides is 2. The molecule has 2 amide bonds. The van der Waals surface area contributed by atoms with Crippen molar-refractivity contribution in [1.82, 2.24) is 10.2 Å². The van der Waals surface area contributed by atoms with Gasteiger partial charge in [0.1, 0.15) is 5.76 Å². The summed E-state index contributed by atoms with van der Waals surface area (Å²) in [5, 5.41) is 3.78. The van der Waals surface area contributed by atoms with Gasteiger partial charge in [0.05, 0.1) is 5.41 Å². The number of benzene rings is 1. The van der Waals surface area contributed by atoms with Crippen LogP contribution >= 0.6 is 27.5 Å². The first-order chi connectivity index (χ1) is 13.8. The van der Waals surface area contributed by atoms with Gasteiger partial charge in [0, 0.05) is 40.6 Å². The minimum atomic E-state index is -0.502. The van der Waals surface area contributed by atoms with E-state index in [1.165, 1.54) is 0 Å². The number of likely N-dealkylation sites (tertiary alicyclic amines) is 1. The molecule has 0 bridgehead atoms. The topological polar surface area (TPSA) is 62.6 Å². The molecule has 1 aliphatic carbocycles. The molecule has 1 saturated heterocycles. The lowest BCUT2D eigenvalue weighted by atomic mass is 9.94. The van der Waals surface area contributed by atoms with E-state index < -0.39 is 5.41 Å². The molecule has 0 spiro atoms. The fraction of sp³-hybridized carbons (Fsp3) is 0.455. The monoisotopic (exact) mass is 478 g/mol. The summed E-state index contributed by atoms with van der Waals surface area (Å²) in [7, 11) is 0. The highest BCUT2D eigenvalue weighted by molar-refractivity contribution is 9.10. The first kappa shape index (κ1) is 20.5. The van der Waals surface area contributed by atoms with E-state index in [0.717, 1.165) is 47.0 Å². The van der Waals surface area contributed by atoms with Crippen LogP contribution in [0.25, 0.3) is 0 Å². The molecule has 1 aromatic heterocycles. The second-order valence-corrected chi connectivity index (χ2v) is 9.38. The number of halogens is 2. The average Bonchev–Trinajstić information content (AvgIpc) is 3.22. The standard InChI is InChI=1S/C22H24BrClN2O3/c1-3-18-8-13(2)19(29-18)20(27)26-7-4-17(12-26)25-21(28)22(5-6-22)14-9-15(23)11-16(24)10-14/h8-11,17H,3-7,12H2,1-2H3,(H,25,28)/t17-/m1/s1. The van der Waals surface area contributed by atoms with Gasteiger partial charge in [-0.1, -0.05) is 34.5 Å². The fourth-order valence-corrected chi connectivity index (χ4v) is 4.93. The second-order valence-electron chi connectivity index (χ2n) is 8.03. The largest absolute Gasteiger partial charge is 0.456 e. The Balaban J connectivity index is 1.41. The van der Waals surface area contributed by atoms with E-state index in [1.807, 2.05) is 38.1 Å². The molecule has 2 aliphatic rings. The smallest absolute Gasteiger partial charge is 0.289 e. The van der Waals surface area contributed by atoms with Crippen molar-refractivity contribution in [2.24, 2.45) is 0 Å². The van der Waals surface area contributed by atoms with E-state index in [4.69, 9.17) is 16.0 Å². The fourth-order valence-electron chi connectivity index (χ4n) is 4.07. The zero-order chi connectivity index (χ0) is 20.8. The number of aryl methyl sites for hydroxylation is 2. The van der Waals surface area contributed by atoms with Crippen LogP contribution in [0, 0.1) is 6.92 Å². The Hall–Kier alpha value is -1.79. The summed E-state index contributed by atoms with van der Waals surface area (Å²) in [6.45, 7) is 5.01. The lowest BCUT2D eigenvalue weighted by Gasteiger charge is -2.21. The zero-order valence-corrected chi connectivity index (χ0v) is 18.9. The summed E-state index contributed by atoms with van der Waals surface area (Å²) >= 11 is 9.64. The van der Waals surface area contributed by atoms with E-state index in [2.05, 4.69) is 21.2 Å². The summed E-state index contributed by atoms with van der Waals surface area (Å²) < 4.78 is 6.58. The van der Waals surface area contributed by atoms with Crippen LogP contribution in [0.5, 0.6) is 0 Å². The lowest BCUT2D eigenvalue weighted by molar-refractivity contribution is -0.124. The third kappa shape index (κ3) is 3.97. The number of carbonyl (C=O) groups is 2. The minimum Gasteiger partial charge on any atom is -0.456 e. The van der Waals surface area contributed by atoms with Crippen LogP contribution in [-0.4, -0.2) is 35.8 Å². The van der Waals surface area contributed by atoms with Gasteiger partial charge < -0.3 is 14.6 Å². The predicted molar refractivity (Wildman–Crippen MR) is 115 cm³/mol. The number of hydrogen-bond donors (Lipinski definition) is 1. The van der Waals surface area contributed by atoms with E-state index in [-0.39, 0.29) is 17.9 Å². The van der Waals surface area contributed by atoms with Crippen LogP contribution in [0.4, 0.5) is 0 Å². The Morgan fingerprint density at radius 1 is 1.31 bits per heavy atom. The molecule has 1 atom stereocenters. The molecule has 1 aromatic carbocycles. The van der Waals surface area contributed by atoms with Crippen molar-refractivity contribution in [3.8, 4) is 0 Å². The van der Waals surface area contributed by atoms with Crippen molar-refractivity contribution in [3.63, 3.8) is 0 Å². The van der Waals surface area contributed by atoms with Crippen molar-refractivity contribution >= 4 is 39.3 Å². The van der Waals surface area contributed by atoms with E-state index in [1.54, 1.807) is 4.90 Å². The number of rotatable bonds is 5. The molecule has 5 nitrogen and oxygen atoms in total. The van der Waals surface area contributed by atoms with E-state index in [9.17, 15) is 9.59 Å². The molecule has 0 unspecified atom stereocenters. The lowest BCUT2D eigenvalue weighted by Crippen LogP contribution is -2.43. The summed E-state index contributed by atoms with van der Waals surface area (Å²) in [5.74, 6) is 1.15. The average molecular weight is 480 g/mol. The highest BCUT2D eigenvalue weighted by atomic mass is 79.9. The SMILES string of the molecule is CCc1cc(C)c(C(=O)N2CC[C@@H](NC(=O)C3(c4cc(Cl)cc(Br)c4)CC3)C2)o1. The molecule has 7 heteroatoms. The van der Waals surface area contributed by atoms with Gasteiger partial charge in [-0.15, -0.1) is 0 Å². The highest BCUT2D eigenvalue weighted by Gasteiger charge is 2.52. The maximum Gasteiger partial charge on any atom is 0.289 e. The summed E-state index contributed by atoms with van der Waals surface area (Å²) in [6, 6.07) is 7.53. The van der Waals surface area contributed by atoms with Gasteiger partial charge in [-0.3, -0.25) is 9.59 Å². The number of hydrogen-bond acceptors (Lipinski definition) is 3. The van der Waals surface area contributed by atoms with Crippen LogP contribution in [0.3, 0.4) is 0 Å². The van der Waals surface area contributed by atoms with Crippen LogP contribution in [0.15, 0.2) is 33.2 Å². The minimum absolute atomic E-state index is 0.0217. The zero-order valence-electron chi connectivity index (χ0n) is 16.6. The van der Waals surface area contributed by atoms with Crippen molar-refractivity contribution in [2.75, 3.05) is 13.1 Å². The van der Waals surface area contributed by atoms with E-state index in [0.29, 0.717) is 23.9 Å². The van der Waals surface area contributed by atoms with Gasteiger partial charge in [0.25, 0.3) is 5.91 Å². The molecule has 1 N–H and O–H groups in total.